The van der Waals surface area contributed by atoms with E-state index < -0.39 is 0 Å². The van der Waals surface area contributed by atoms with Gasteiger partial charge in [0.25, 0.3) is 5.91 Å². The van der Waals surface area contributed by atoms with Gasteiger partial charge in [-0.05, 0) is 51.4 Å². The number of likely N-dealkylation sites (N-methyl/N-ethyl adjacent to an activating group) is 1. The molecule has 3 heterocycles. The Labute approximate surface area is 196 Å². The molecule has 1 fully saturated rings. The molecule has 0 aliphatic carbocycles. The number of amides is 1. The van der Waals surface area contributed by atoms with E-state index in [0.29, 0.717) is 31.9 Å². The third kappa shape index (κ3) is 5.52. The normalized spacial score (nSPS) is 16.5. The van der Waals surface area contributed by atoms with Crippen molar-refractivity contribution in [1.29, 1.82) is 0 Å². The molecule has 4 rings (SSSR count). The van der Waals surface area contributed by atoms with E-state index in [-0.39, 0.29) is 18.0 Å². The number of aromatic nitrogens is 1. The van der Waals surface area contributed by atoms with Gasteiger partial charge in [0.15, 0.2) is 0 Å². The van der Waals surface area contributed by atoms with E-state index in [1.165, 1.54) is 5.56 Å². The van der Waals surface area contributed by atoms with Crippen molar-refractivity contribution in [1.82, 2.24) is 20.6 Å². The van der Waals surface area contributed by atoms with Gasteiger partial charge >= 0.3 is 0 Å². The van der Waals surface area contributed by atoms with Gasteiger partial charge in [-0.2, -0.15) is 0 Å². The monoisotopic (exact) mass is 452 g/mol. The number of anilines is 1. The summed E-state index contributed by atoms with van der Waals surface area (Å²) in [5.74, 6) is 0.804. The molecule has 1 amide bonds. The molecular formula is C25H36N6O2. The maximum absolute atomic E-state index is 13.4. The zero-order valence-corrected chi connectivity index (χ0v) is 19.9. The molecule has 1 aromatic carbocycles. The van der Waals surface area contributed by atoms with Crippen LogP contribution in [0.15, 0.2) is 30.3 Å². The molecular weight excluding hydrogens is 416 g/mol. The molecule has 178 valence electrons. The largest absolute Gasteiger partial charge is 0.381 e. The number of hydrazine groups is 1. The van der Waals surface area contributed by atoms with Gasteiger partial charge in [0, 0.05) is 68.2 Å². The maximum atomic E-state index is 13.4. The van der Waals surface area contributed by atoms with Crippen LogP contribution in [0.25, 0.3) is 11.3 Å². The molecule has 0 atom stereocenters. The Hall–Kier alpha value is -2.52. The van der Waals surface area contributed by atoms with Crippen molar-refractivity contribution in [3.8, 4) is 11.3 Å². The van der Waals surface area contributed by atoms with Crippen LogP contribution in [-0.2, 0) is 17.8 Å². The average molecular weight is 453 g/mol. The number of nitrogens with one attached hydrogen (secondary N) is 2. The maximum Gasteiger partial charge on any atom is 0.252 e. The fourth-order valence-electron chi connectivity index (χ4n) is 4.49. The van der Waals surface area contributed by atoms with Gasteiger partial charge in [0.05, 0.1) is 5.69 Å². The number of ether oxygens (including phenoxy) is 1. The average Bonchev–Trinajstić information content (AvgIpc) is 3.24. The van der Waals surface area contributed by atoms with Crippen LogP contribution in [0.2, 0.25) is 0 Å². The van der Waals surface area contributed by atoms with E-state index >= 15 is 0 Å². The van der Waals surface area contributed by atoms with Gasteiger partial charge in [0.1, 0.15) is 5.82 Å². The van der Waals surface area contributed by atoms with Crippen LogP contribution in [0.1, 0.15) is 48.2 Å². The number of pyridine rings is 1. The first kappa shape index (κ1) is 23.6. The number of hydrogen-bond acceptors (Lipinski definition) is 7. The van der Waals surface area contributed by atoms with Crippen LogP contribution < -0.4 is 21.5 Å². The van der Waals surface area contributed by atoms with E-state index in [1.807, 2.05) is 6.07 Å². The van der Waals surface area contributed by atoms with Crippen LogP contribution in [0, 0.1) is 0 Å². The molecule has 2 aliphatic heterocycles. The van der Waals surface area contributed by atoms with Gasteiger partial charge in [-0.25, -0.2) is 10.4 Å². The minimum Gasteiger partial charge on any atom is -0.381 e. The highest BCUT2D eigenvalue weighted by molar-refractivity contribution is 5.98. The van der Waals surface area contributed by atoms with Crippen LogP contribution >= 0.6 is 0 Å². The number of carbonyl (C=O) groups is 1. The van der Waals surface area contributed by atoms with Crippen molar-refractivity contribution in [3.63, 3.8) is 0 Å². The quantitative estimate of drug-likeness (QED) is 0.566. The number of rotatable bonds is 8. The summed E-state index contributed by atoms with van der Waals surface area (Å²) < 4.78 is 5.44. The highest BCUT2D eigenvalue weighted by Crippen LogP contribution is 2.32. The number of benzene rings is 1. The van der Waals surface area contributed by atoms with Crippen molar-refractivity contribution in [2.24, 2.45) is 5.73 Å². The number of nitrogens with two attached hydrogens (primary N) is 1. The Morgan fingerprint density at radius 2 is 2.12 bits per heavy atom. The van der Waals surface area contributed by atoms with E-state index in [4.69, 9.17) is 15.5 Å². The Morgan fingerprint density at radius 3 is 2.85 bits per heavy atom. The summed E-state index contributed by atoms with van der Waals surface area (Å²) in [4.78, 5) is 20.6. The Bertz CT molecular complexity index is 973. The summed E-state index contributed by atoms with van der Waals surface area (Å²) in [6.07, 6.45) is 1.70. The predicted octanol–water partition coefficient (Wildman–Crippen LogP) is 2.28. The summed E-state index contributed by atoms with van der Waals surface area (Å²) >= 11 is 0. The second-order valence-corrected chi connectivity index (χ2v) is 9.24. The van der Waals surface area contributed by atoms with Crippen molar-refractivity contribution >= 4 is 11.7 Å². The first-order chi connectivity index (χ1) is 16.0. The summed E-state index contributed by atoms with van der Waals surface area (Å²) in [6.45, 7) is 8.50. The lowest BCUT2D eigenvalue weighted by Gasteiger charge is -2.25. The topological polar surface area (TPSA) is 95.8 Å². The number of fused-ring (bicyclic) bond motifs is 1. The third-order valence-corrected chi connectivity index (χ3v) is 6.26. The minimum absolute atomic E-state index is 0.0342. The molecule has 2 aromatic rings. The Morgan fingerprint density at radius 1 is 1.33 bits per heavy atom. The second-order valence-electron chi connectivity index (χ2n) is 9.24. The first-order valence-electron chi connectivity index (χ1n) is 11.9. The Balaban J connectivity index is 1.68. The van der Waals surface area contributed by atoms with Gasteiger partial charge in [-0.15, -0.1) is 0 Å². The number of carbonyl (C=O) groups excluding carboxylic acids is 1. The van der Waals surface area contributed by atoms with Crippen molar-refractivity contribution in [2.45, 2.75) is 51.9 Å². The van der Waals surface area contributed by atoms with Crippen molar-refractivity contribution in [2.75, 3.05) is 38.4 Å². The van der Waals surface area contributed by atoms with Gasteiger partial charge in [-0.3, -0.25) is 9.80 Å². The van der Waals surface area contributed by atoms with Gasteiger partial charge in [0.2, 0.25) is 0 Å². The van der Waals surface area contributed by atoms with Crippen molar-refractivity contribution < 1.29 is 9.53 Å². The van der Waals surface area contributed by atoms with Gasteiger partial charge in [-0.1, -0.05) is 18.2 Å². The lowest BCUT2D eigenvalue weighted by atomic mass is 10.0. The lowest BCUT2D eigenvalue weighted by Crippen LogP contribution is -2.39. The molecule has 33 heavy (non-hydrogen) atoms. The number of hydrogen-bond donors (Lipinski definition) is 3. The van der Waals surface area contributed by atoms with E-state index in [1.54, 1.807) is 0 Å². The zero-order valence-electron chi connectivity index (χ0n) is 19.9. The molecule has 8 nitrogen and oxygen atoms in total. The summed E-state index contributed by atoms with van der Waals surface area (Å²) in [5, 5.41) is 5.29. The van der Waals surface area contributed by atoms with Crippen LogP contribution in [0.3, 0.4) is 0 Å². The highest BCUT2D eigenvalue weighted by atomic mass is 16.5. The molecule has 0 saturated carbocycles. The lowest BCUT2D eigenvalue weighted by molar-refractivity contribution is 0.0696. The standard InChI is InChI=1S/C25H36N6O2/c1-17(2)31-24-22(15-27-31)21(25(32)28-20-7-11-33-12-8-20)14-23(29-24)19-6-4-5-18(13-19)16-30(3)10-9-26/h4-6,13-14,17,20,27H,7-12,15-16,26H2,1-3H3,(H,28,32). The fraction of sp³-hybridized carbons (Fsp3) is 0.520. The molecule has 0 unspecified atom stereocenters. The van der Waals surface area contributed by atoms with Gasteiger partial charge < -0.3 is 20.7 Å². The van der Waals surface area contributed by atoms with Crippen LogP contribution in [-0.4, -0.2) is 61.2 Å². The molecule has 1 aromatic heterocycles. The van der Waals surface area contributed by atoms with Crippen molar-refractivity contribution in [3.05, 3.63) is 47.0 Å². The molecule has 1 saturated heterocycles. The van der Waals surface area contributed by atoms with Crippen LogP contribution in [0.5, 0.6) is 0 Å². The van der Waals surface area contributed by atoms with Crippen LogP contribution in [0.4, 0.5) is 5.82 Å². The number of nitrogens with zero attached hydrogens (tertiary/aromatic N) is 3. The predicted molar refractivity (Wildman–Crippen MR) is 131 cm³/mol. The molecule has 0 spiro atoms. The molecule has 0 radical (unpaired) electrons. The molecule has 0 bridgehead atoms. The molecule has 8 heteroatoms. The third-order valence-electron chi connectivity index (χ3n) is 6.26. The van der Waals surface area contributed by atoms with E-state index in [0.717, 1.165) is 48.6 Å². The highest BCUT2D eigenvalue weighted by Gasteiger charge is 2.29. The second kappa shape index (κ2) is 10.6. The zero-order chi connectivity index (χ0) is 23.4. The SMILES string of the molecule is CC(C)N1NCc2c(C(=O)NC3CCOCC3)cc(-c3cccc(CN(C)CCN)c3)nc21. The summed E-state index contributed by atoms with van der Waals surface area (Å²) in [7, 11) is 2.07. The minimum atomic E-state index is -0.0342. The fourth-order valence-corrected chi connectivity index (χ4v) is 4.49. The summed E-state index contributed by atoms with van der Waals surface area (Å²) in [5.41, 5.74) is 13.8. The smallest absolute Gasteiger partial charge is 0.252 e. The molecule has 4 N–H and O–H groups in total. The van der Waals surface area contributed by atoms with E-state index in [2.05, 4.69) is 65.8 Å². The van der Waals surface area contributed by atoms with E-state index in [9.17, 15) is 4.79 Å². The first-order valence-corrected chi connectivity index (χ1v) is 11.9. The Kier molecular flexibility index (Phi) is 7.60. The molecule has 2 aliphatic rings. The summed E-state index contributed by atoms with van der Waals surface area (Å²) in [6, 6.07) is 10.7.